The van der Waals surface area contributed by atoms with Crippen molar-refractivity contribution in [2.75, 3.05) is 18.9 Å². The highest BCUT2D eigenvalue weighted by molar-refractivity contribution is 8.76. The molecule has 0 bridgehead atoms. The van der Waals surface area contributed by atoms with Crippen LogP contribution in [-0.2, 0) is 9.53 Å². The first-order valence-electron chi connectivity index (χ1n) is 4.39. The molecule has 1 rings (SSSR count). The lowest BCUT2D eigenvalue weighted by Gasteiger charge is -2.02. The predicted octanol–water partition coefficient (Wildman–Crippen LogP) is 1.32. The van der Waals surface area contributed by atoms with E-state index in [1.807, 2.05) is 18.2 Å². The molecule has 0 aromatic carbocycles. The molecular formula is C9H12N2O2S2. The summed E-state index contributed by atoms with van der Waals surface area (Å²) in [6.45, 7) is 0.332. The summed E-state index contributed by atoms with van der Waals surface area (Å²) in [5.41, 5.74) is 5.08. The van der Waals surface area contributed by atoms with Crippen molar-refractivity contribution in [1.82, 2.24) is 4.98 Å². The van der Waals surface area contributed by atoms with E-state index < -0.39 is 0 Å². The Kier molecular flexibility index (Phi) is 6.22. The minimum Gasteiger partial charge on any atom is -0.464 e. The van der Waals surface area contributed by atoms with E-state index in [-0.39, 0.29) is 12.5 Å². The Balaban J connectivity index is 2.05. The van der Waals surface area contributed by atoms with Crippen molar-refractivity contribution in [2.45, 2.75) is 5.03 Å². The van der Waals surface area contributed by atoms with Gasteiger partial charge in [-0.05, 0) is 22.9 Å². The smallest absolute Gasteiger partial charge is 0.319 e. The Hall–Kier alpha value is -0.720. The maximum atomic E-state index is 10.7. The van der Waals surface area contributed by atoms with Crippen LogP contribution in [0.4, 0.5) is 0 Å². The summed E-state index contributed by atoms with van der Waals surface area (Å²) in [4.78, 5) is 14.8. The number of carbonyl (C=O) groups is 1. The molecule has 1 aromatic rings. The van der Waals surface area contributed by atoms with E-state index in [2.05, 4.69) is 4.98 Å². The molecule has 0 aliphatic heterocycles. The van der Waals surface area contributed by atoms with Gasteiger partial charge in [0.15, 0.2) is 0 Å². The quantitative estimate of drug-likeness (QED) is 0.462. The summed E-state index contributed by atoms with van der Waals surface area (Å²) in [5.74, 6) is 0.367. The number of ether oxygens (including phenoxy) is 1. The molecule has 15 heavy (non-hydrogen) atoms. The zero-order chi connectivity index (χ0) is 10.9. The SMILES string of the molecule is NCC(=O)OCCSSc1ccccn1. The van der Waals surface area contributed by atoms with Gasteiger partial charge >= 0.3 is 5.97 Å². The van der Waals surface area contributed by atoms with E-state index in [0.29, 0.717) is 6.61 Å². The fraction of sp³-hybridized carbons (Fsp3) is 0.333. The summed E-state index contributed by atoms with van der Waals surface area (Å²) in [6, 6.07) is 5.74. The molecular weight excluding hydrogens is 232 g/mol. The first kappa shape index (κ1) is 12.4. The molecule has 0 radical (unpaired) electrons. The second-order valence-corrected chi connectivity index (χ2v) is 4.93. The van der Waals surface area contributed by atoms with E-state index in [9.17, 15) is 4.79 Å². The highest BCUT2D eigenvalue weighted by atomic mass is 33.1. The highest BCUT2D eigenvalue weighted by Gasteiger charge is 1.99. The summed E-state index contributed by atoms with van der Waals surface area (Å²) in [6.07, 6.45) is 1.75. The summed E-state index contributed by atoms with van der Waals surface area (Å²) in [7, 11) is 3.16. The molecule has 0 aliphatic rings. The molecule has 6 heteroatoms. The van der Waals surface area contributed by atoms with Crippen LogP contribution in [0.25, 0.3) is 0 Å². The van der Waals surface area contributed by atoms with E-state index >= 15 is 0 Å². The number of rotatable bonds is 6. The number of hydrogen-bond acceptors (Lipinski definition) is 6. The highest BCUT2D eigenvalue weighted by Crippen LogP contribution is 2.28. The van der Waals surface area contributed by atoms with Crippen molar-refractivity contribution in [3.05, 3.63) is 24.4 Å². The van der Waals surface area contributed by atoms with Crippen molar-refractivity contribution in [3.8, 4) is 0 Å². The number of hydrogen-bond donors (Lipinski definition) is 1. The van der Waals surface area contributed by atoms with Gasteiger partial charge in [0.2, 0.25) is 0 Å². The second-order valence-electron chi connectivity index (χ2n) is 2.50. The van der Waals surface area contributed by atoms with Crippen LogP contribution in [-0.4, -0.2) is 29.9 Å². The van der Waals surface area contributed by atoms with E-state index in [1.54, 1.807) is 27.8 Å². The molecule has 4 nitrogen and oxygen atoms in total. The number of esters is 1. The Labute approximate surface area is 96.4 Å². The first-order valence-corrected chi connectivity index (χ1v) is 6.71. The van der Waals surface area contributed by atoms with Crippen LogP contribution in [0.1, 0.15) is 0 Å². The van der Waals surface area contributed by atoms with Crippen molar-refractivity contribution < 1.29 is 9.53 Å². The van der Waals surface area contributed by atoms with Crippen molar-refractivity contribution >= 4 is 27.6 Å². The molecule has 1 heterocycles. The standard InChI is InChI=1S/C9H12N2O2S2/c10-7-9(12)13-5-6-14-15-8-3-1-2-4-11-8/h1-4H,5-7,10H2. The summed E-state index contributed by atoms with van der Waals surface area (Å²) >= 11 is 0. The molecule has 0 atom stereocenters. The normalized spacial score (nSPS) is 9.93. The maximum absolute atomic E-state index is 10.7. The lowest BCUT2D eigenvalue weighted by molar-refractivity contribution is -0.141. The average molecular weight is 244 g/mol. The molecule has 0 saturated heterocycles. The minimum atomic E-state index is -0.363. The van der Waals surface area contributed by atoms with Gasteiger partial charge in [0, 0.05) is 11.9 Å². The zero-order valence-electron chi connectivity index (χ0n) is 8.09. The Morgan fingerprint density at radius 2 is 2.40 bits per heavy atom. The lowest BCUT2D eigenvalue weighted by Crippen LogP contribution is -2.17. The molecule has 0 saturated carbocycles. The van der Waals surface area contributed by atoms with Crippen molar-refractivity contribution in [3.63, 3.8) is 0 Å². The molecule has 0 spiro atoms. The molecule has 82 valence electrons. The Bertz CT molecular complexity index is 295. The van der Waals surface area contributed by atoms with E-state index in [1.165, 1.54) is 0 Å². The number of nitrogens with zero attached hydrogens (tertiary/aromatic N) is 1. The largest absolute Gasteiger partial charge is 0.464 e. The van der Waals surface area contributed by atoms with Gasteiger partial charge in [0.05, 0.1) is 6.54 Å². The lowest BCUT2D eigenvalue weighted by atomic mass is 10.5. The fourth-order valence-electron chi connectivity index (χ4n) is 0.747. The maximum Gasteiger partial charge on any atom is 0.319 e. The average Bonchev–Trinajstić information content (AvgIpc) is 2.29. The number of nitrogens with two attached hydrogens (primary N) is 1. The van der Waals surface area contributed by atoms with Gasteiger partial charge in [0.25, 0.3) is 0 Å². The van der Waals surface area contributed by atoms with Crippen LogP contribution in [0.3, 0.4) is 0 Å². The number of carbonyl (C=O) groups excluding carboxylic acids is 1. The third kappa shape index (κ3) is 5.66. The van der Waals surface area contributed by atoms with Crippen molar-refractivity contribution in [2.24, 2.45) is 5.73 Å². The summed E-state index contributed by atoms with van der Waals surface area (Å²) < 4.78 is 4.81. The first-order chi connectivity index (χ1) is 7.33. The van der Waals surface area contributed by atoms with Crippen molar-refractivity contribution in [1.29, 1.82) is 0 Å². The van der Waals surface area contributed by atoms with E-state index in [0.717, 1.165) is 10.8 Å². The van der Waals surface area contributed by atoms with Crippen LogP contribution in [0.5, 0.6) is 0 Å². The van der Waals surface area contributed by atoms with Gasteiger partial charge in [-0.2, -0.15) is 0 Å². The minimum absolute atomic E-state index is 0.0575. The molecule has 0 fully saturated rings. The van der Waals surface area contributed by atoms with Gasteiger partial charge in [-0.15, -0.1) is 0 Å². The van der Waals surface area contributed by atoms with E-state index in [4.69, 9.17) is 10.5 Å². The van der Waals surface area contributed by atoms with Gasteiger partial charge in [-0.3, -0.25) is 4.79 Å². The third-order valence-electron chi connectivity index (χ3n) is 1.38. The summed E-state index contributed by atoms with van der Waals surface area (Å²) in [5, 5.41) is 0.952. The zero-order valence-corrected chi connectivity index (χ0v) is 9.72. The Morgan fingerprint density at radius 1 is 1.53 bits per heavy atom. The molecule has 0 aliphatic carbocycles. The van der Waals surface area contributed by atoms with Crippen LogP contribution in [0, 0.1) is 0 Å². The Morgan fingerprint density at radius 3 is 3.07 bits per heavy atom. The van der Waals surface area contributed by atoms with Crippen LogP contribution < -0.4 is 5.73 Å². The van der Waals surface area contributed by atoms with Gasteiger partial charge < -0.3 is 10.5 Å². The molecule has 0 amide bonds. The van der Waals surface area contributed by atoms with Gasteiger partial charge in [-0.25, -0.2) is 4.98 Å². The number of pyridine rings is 1. The van der Waals surface area contributed by atoms with Crippen LogP contribution >= 0.6 is 21.6 Å². The molecule has 2 N–H and O–H groups in total. The monoisotopic (exact) mass is 244 g/mol. The fourth-order valence-corrected chi connectivity index (χ4v) is 2.45. The topological polar surface area (TPSA) is 65.2 Å². The number of aromatic nitrogens is 1. The predicted molar refractivity (Wildman–Crippen MR) is 62.6 cm³/mol. The van der Waals surface area contributed by atoms with Gasteiger partial charge in [-0.1, -0.05) is 16.9 Å². The second kappa shape index (κ2) is 7.56. The van der Waals surface area contributed by atoms with Crippen LogP contribution in [0.2, 0.25) is 0 Å². The van der Waals surface area contributed by atoms with Crippen LogP contribution in [0.15, 0.2) is 29.4 Å². The van der Waals surface area contributed by atoms with Gasteiger partial charge in [0.1, 0.15) is 11.6 Å². The molecule has 1 aromatic heterocycles. The molecule has 0 unspecified atom stereocenters. The third-order valence-corrected chi connectivity index (χ3v) is 3.61.